The molecule has 0 radical (unpaired) electrons. The fourth-order valence-corrected chi connectivity index (χ4v) is 2.15. The van der Waals surface area contributed by atoms with Crippen molar-refractivity contribution in [2.75, 3.05) is 11.5 Å². The minimum absolute atomic E-state index is 0.764. The van der Waals surface area contributed by atoms with Crippen molar-refractivity contribution in [2.24, 2.45) is 0 Å². The molecule has 2 nitrogen and oxygen atoms in total. The zero-order valence-electron chi connectivity index (χ0n) is 9.23. The number of nitrogen functional groups attached to an aromatic ring is 2. The molecule has 3 heteroatoms. The van der Waals surface area contributed by atoms with Crippen LogP contribution in [0.1, 0.15) is 11.1 Å². The largest absolute Gasteiger partial charge is 0.399 e. The third kappa shape index (κ3) is 2.68. The molecule has 0 heterocycles. The Morgan fingerprint density at radius 2 is 1.12 bits per heavy atom. The second kappa shape index (κ2) is 5.06. The van der Waals surface area contributed by atoms with Gasteiger partial charge in [0.25, 0.3) is 0 Å². The van der Waals surface area contributed by atoms with Crippen LogP contribution in [0.25, 0.3) is 5.57 Å². The molecule has 0 bridgehead atoms. The summed E-state index contributed by atoms with van der Waals surface area (Å²) in [6, 6.07) is 15.6. The van der Waals surface area contributed by atoms with Gasteiger partial charge in [-0.25, -0.2) is 0 Å². The van der Waals surface area contributed by atoms with Gasteiger partial charge in [-0.15, -0.1) is 0 Å². The van der Waals surface area contributed by atoms with E-state index < -0.39 is 0 Å². The number of anilines is 2. The van der Waals surface area contributed by atoms with Gasteiger partial charge in [0, 0.05) is 11.4 Å². The molecule has 0 atom stereocenters. The zero-order valence-corrected chi connectivity index (χ0v) is 10.8. The SMILES string of the molecule is Nc1ccc(C(=CBr)c2ccc(N)cc2)cc1. The van der Waals surface area contributed by atoms with Crippen molar-refractivity contribution in [3.63, 3.8) is 0 Å². The first-order chi connectivity index (χ1) is 8.20. The van der Waals surface area contributed by atoms with E-state index in [2.05, 4.69) is 15.9 Å². The zero-order chi connectivity index (χ0) is 12.3. The molecule has 0 aliphatic carbocycles. The minimum Gasteiger partial charge on any atom is -0.399 e. The number of benzene rings is 2. The van der Waals surface area contributed by atoms with Gasteiger partial charge in [0.15, 0.2) is 0 Å². The van der Waals surface area contributed by atoms with Crippen LogP contribution in [0, 0.1) is 0 Å². The maximum Gasteiger partial charge on any atom is 0.0314 e. The van der Waals surface area contributed by atoms with Crippen LogP contribution >= 0.6 is 15.9 Å². The van der Waals surface area contributed by atoms with Crippen molar-refractivity contribution in [3.05, 3.63) is 64.6 Å². The number of hydrogen-bond acceptors (Lipinski definition) is 2. The maximum atomic E-state index is 5.68. The highest BCUT2D eigenvalue weighted by Crippen LogP contribution is 2.26. The van der Waals surface area contributed by atoms with E-state index in [1.54, 1.807) is 0 Å². The third-order valence-electron chi connectivity index (χ3n) is 2.55. The topological polar surface area (TPSA) is 52.0 Å². The molecule has 0 saturated heterocycles. The second-order valence-electron chi connectivity index (χ2n) is 3.77. The lowest BCUT2D eigenvalue weighted by atomic mass is 9.99. The van der Waals surface area contributed by atoms with Gasteiger partial charge in [-0.3, -0.25) is 0 Å². The summed E-state index contributed by atoms with van der Waals surface area (Å²) in [6.07, 6.45) is 0. The molecule has 0 saturated carbocycles. The summed E-state index contributed by atoms with van der Waals surface area (Å²) in [7, 11) is 0. The normalized spacial score (nSPS) is 9.94. The molecule has 2 aromatic carbocycles. The van der Waals surface area contributed by atoms with Gasteiger partial charge < -0.3 is 11.5 Å². The van der Waals surface area contributed by atoms with Crippen LogP contribution in [0.5, 0.6) is 0 Å². The van der Waals surface area contributed by atoms with Crippen molar-refractivity contribution >= 4 is 32.9 Å². The number of nitrogens with two attached hydrogens (primary N) is 2. The summed E-state index contributed by atoms with van der Waals surface area (Å²) in [5.74, 6) is 0. The summed E-state index contributed by atoms with van der Waals surface area (Å²) in [5.41, 5.74) is 16.2. The molecular weight excluding hydrogens is 276 g/mol. The molecule has 0 fully saturated rings. The molecule has 0 aliphatic heterocycles. The number of halogens is 1. The van der Waals surface area contributed by atoms with Gasteiger partial charge in [-0.2, -0.15) is 0 Å². The fourth-order valence-electron chi connectivity index (χ4n) is 1.62. The Morgan fingerprint density at radius 1 is 0.765 bits per heavy atom. The Labute approximate surface area is 109 Å². The molecule has 2 rings (SSSR count). The van der Waals surface area contributed by atoms with Crippen LogP contribution in [0.3, 0.4) is 0 Å². The van der Waals surface area contributed by atoms with E-state index in [0.717, 1.165) is 28.1 Å². The highest BCUT2D eigenvalue weighted by atomic mass is 79.9. The Bertz CT molecular complexity index is 480. The van der Waals surface area contributed by atoms with Crippen molar-refractivity contribution < 1.29 is 0 Å². The number of hydrogen-bond donors (Lipinski definition) is 2. The fraction of sp³-hybridized carbons (Fsp3) is 0. The molecule has 86 valence electrons. The molecule has 0 aliphatic rings. The first-order valence-corrected chi connectivity index (χ1v) is 6.14. The van der Waals surface area contributed by atoms with Gasteiger partial charge in [-0.1, -0.05) is 40.2 Å². The van der Waals surface area contributed by atoms with E-state index >= 15 is 0 Å². The van der Waals surface area contributed by atoms with E-state index in [-0.39, 0.29) is 0 Å². The molecule has 0 spiro atoms. The van der Waals surface area contributed by atoms with E-state index in [1.807, 2.05) is 53.5 Å². The van der Waals surface area contributed by atoms with Gasteiger partial charge in [0.2, 0.25) is 0 Å². The average molecular weight is 289 g/mol. The molecular formula is C14H13BrN2. The van der Waals surface area contributed by atoms with Crippen LogP contribution in [0.15, 0.2) is 53.5 Å². The maximum absolute atomic E-state index is 5.68. The molecule has 0 aromatic heterocycles. The van der Waals surface area contributed by atoms with Gasteiger partial charge in [0.1, 0.15) is 0 Å². The lowest BCUT2D eigenvalue weighted by molar-refractivity contribution is 1.55. The van der Waals surface area contributed by atoms with Crippen molar-refractivity contribution in [3.8, 4) is 0 Å². The Balaban J connectivity index is 2.41. The highest BCUT2D eigenvalue weighted by Gasteiger charge is 2.03. The lowest BCUT2D eigenvalue weighted by Gasteiger charge is -2.08. The summed E-state index contributed by atoms with van der Waals surface area (Å²) < 4.78 is 0. The van der Waals surface area contributed by atoms with Crippen molar-refractivity contribution in [1.82, 2.24) is 0 Å². The molecule has 2 aromatic rings. The molecule has 0 unspecified atom stereocenters. The standard InChI is InChI=1S/C14H13BrN2/c15-9-14(10-1-5-12(16)6-2-10)11-3-7-13(17)8-4-11/h1-9H,16-17H2. The van der Waals surface area contributed by atoms with Crippen LogP contribution in [0.2, 0.25) is 0 Å². The van der Waals surface area contributed by atoms with Crippen molar-refractivity contribution in [2.45, 2.75) is 0 Å². The smallest absolute Gasteiger partial charge is 0.0314 e. The average Bonchev–Trinajstić information content (AvgIpc) is 2.35. The quantitative estimate of drug-likeness (QED) is 0.829. The third-order valence-corrected chi connectivity index (χ3v) is 3.01. The predicted octanol–water partition coefficient (Wildman–Crippen LogP) is 3.64. The van der Waals surface area contributed by atoms with E-state index in [4.69, 9.17) is 11.5 Å². The van der Waals surface area contributed by atoms with Crippen LogP contribution < -0.4 is 11.5 Å². The first-order valence-electron chi connectivity index (χ1n) is 5.23. The summed E-state index contributed by atoms with van der Waals surface area (Å²) in [6.45, 7) is 0. The molecule has 4 N–H and O–H groups in total. The van der Waals surface area contributed by atoms with E-state index in [1.165, 1.54) is 0 Å². The second-order valence-corrected chi connectivity index (χ2v) is 4.22. The van der Waals surface area contributed by atoms with Crippen LogP contribution in [-0.2, 0) is 0 Å². The minimum atomic E-state index is 0.764. The summed E-state index contributed by atoms with van der Waals surface area (Å²) in [5, 5.41) is 0. The first kappa shape index (κ1) is 11.7. The van der Waals surface area contributed by atoms with Gasteiger partial charge in [0.05, 0.1) is 0 Å². The van der Waals surface area contributed by atoms with Crippen LogP contribution in [0.4, 0.5) is 11.4 Å². The van der Waals surface area contributed by atoms with E-state index in [9.17, 15) is 0 Å². The summed E-state index contributed by atoms with van der Waals surface area (Å²) in [4.78, 5) is 1.91. The van der Waals surface area contributed by atoms with Gasteiger partial charge in [-0.05, 0) is 46.0 Å². The van der Waals surface area contributed by atoms with Crippen molar-refractivity contribution in [1.29, 1.82) is 0 Å². The summed E-state index contributed by atoms with van der Waals surface area (Å²) >= 11 is 3.40. The Hall–Kier alpha value is -1.74. The lowest BCUT2D eigenvalue weighted by Crippen LogP contribution is -1.90. The Morgan fingerprint density at radius 3 is 1.41 bits per heavy atom. The monoisotopic (exact) mass is 288 g/mol. The molecule has 0 amide bonds. The molecule has 17 heavy (non-hydrogen) atoms. The van der Waals surface area contributed by atoms with Gasteiger partial charge >= 0.3 is 0 Å². The van der Waals surface area contributed by atoms with Crippen LogP contribution in [-0.4, -0.2) is 0 Å². The number of rotatable bonds is 2. The Kier molecular flexibility index (Phi) is 3.49. The highest BCUT2D eigenvalue weighted by molar-refractivity contribution is 9.11. The van der Waals surface area contributed by atoms with E-state index in [0.29, 0.717) is 0 Å². The predicted molar refractivity (Wildman–Crippen MR) is 77.7 cm³/mol.